The van der Waals surface area contributed by atoms with Gasteiger partial charge in [-0.1, -0.05) is 18.2 Å². The third-order valence-corrected chi connectivity index (χ3v) is 4.90. The maximum Gasteiger partial charge on any atom is 0.416 e. The number of fused-ring (bicyclic) bond motifs is 1. The summed E-state index contributed by atoms with van der Waals surface area (Å²) in [6.07, 6.45) is -4.84. The molecule has 2 aromatic carbocycles. The molecule has 1 aliphatic rings. The highest BCUT2D eigenvalue weighted by molar-refractivity contribution is 5.87. The maximum atomic E-state index is 13.4. The standard InChI is InChI=1S/C20H16F4N2O/c1-11-7-13(20(22,23)24)10-17-18(11)16(9-12-8-15(12)21)25-19(27)26(17)14-5-3-2-4-6-14/h2-7,10,12,15H,8-9H2,1H3/t12-,15+/m0/s1. The summed E-state index contributed by atoms with van der Waals surface area (Å²) in [6, 6.07) is 10.4. The Labute approximate surface area is 152 Å². The van der Waals surface area contributed by atoms with Gasteiger partial charge in [0.05, 0.1) is 22.5 Å². The number of alkyl halides is 4. The molecule has 7 heteroatoms. The first-order valence-corrected chi connectivity index (χ1v) is 8.58. The van der Waals surface area contributed by atoms with E-state index in [2.05, 4.69) is 4.98 Å². The average molecular weight is 376 g/mol. The molecule has 140 valence electrons. The third kappa shape index (κ3) is 3.22. The lowest BCUT2D eigenvalue weighted by Crippen LogP contribution is -2.24. The van der Waals surface area contributed by atoms with E-state index in [0.717, 1.165) is 12.1 Å². The van der Waals surface area contributed by atoms with E-state index in [1.54, 1.807) is 37.3 Å². The van der Waals surface area contributed by atoms with Gasteiger partial charge in [0, 0.05) is 5.39 Å². The van der Waals surface area contributed by atoms with Crippen molar-refractivity contribution >= 4 is 10.9 Å². The molecule has 2 atom stereocenters. The predicted molar refractivity (Wildman–Crippen MR) is 93.8 cm³/mol. The van der Waals surface area contributed by atoms with Crippen LogP contribution in [0.1, 0.15) is 23.2 Å². The summed E-state index contributed by atoms with van der Waals surface area (Å²) in [5, 5.41) is 0.477. The summed E-state index contributed by atoms with van der Waals surface area (Å²) in [7, 11) is 0. The van der Waals surface area contributed by atoms with Crippen LogP contribution in [-0.2, 0) is 12.6 Å². The van der Waals surface area contributed by atoms with E-state index in [1.807, 2.05) is 0 Å². The van der Waals surface area contributed by atoms with Crippen molar-refractivity contribution in [2.24, 2.45) is 5.92 Å². The van der Waals surface area contributed by atoms with Crippen molar-refractivity contribution < 1.29 is 17.6 Å². The number of hydrogen-bond acceptors (Lipinski definition) is 2. The van der Waals surface area contributed by atoms with Gasteiger partial charge in [0.2, 0.25) is 0 Å². The van der Waals surface area contributed by atoms with Crippen molar-refractivity contribution in [3.63, 3.8) is 0 Å². The smallest absolute Gasteiger partial charge is 0.260 e. The van der Waals surface area contributed by atoms with Gasteiger partial charge in [-0.25, -0.2) is 9.18 Å². The van der Waals surface area contributed by atoms with E-state index in [-0.39, 0.29) is 17.9 Å². The van der Waals surface area contributed by atoms with Crippen molar-refractivity contribution in [1.82, 2.24) is 9.55 Å². The zero-order valence-electron chi connectivity index (χ0n) is 14.4. The second kappa shape index (κ2) is 6.18. The van der Waals surface area contributed by atoms with Gasteiger partial charge >= 0.3 is 11.9 Å². The molecule has 0 amide bonds. The van der Waals surface area contributed by atoms with E-state index in [9.17, 15) is 22.4 Å². The molecular weight excluding hydrogens is 360 g/mol. The highest BCUT2D eigenvalue weighted by Crippen LogP contribution is 2.39. The molecule has 1 aliphatic carbocycles. The molecular formula is C20H16F4N2O. The zero-order valence-corrected chi connectivity index (χ0v) is 14.4. The van der Waals surface area contributed by atoms with Gasteiger partial charge in [-0.15, -0.1) is 0 Å². The second-order valence-electron chi connectivity index (χ2n) is 6.91. The van der Waals surface area contributed by atoms with Crippen LogP contribution in [0, 0.1) is 12.8 Å². The SMILES string of the molecule is Cc1cc(C(F)(F)F)cc2c1c(C[C@@H]1C[C@H]1F)nc(=O)n2-c1ccccc1. The number of aryl methyl sites for hydroxylation is 1. The number of nitrogens with zero attached hydrogens (tertiary/aromatic N) is 2. The Bertz CT molecular complexity index is 1070. The van der Waals surface area contributed by atoms with Crippen LogP contribution in [0.5, 0.6) is 0 Å². The van der Waals surface area contributed by atoms with Crippen LogP contribution in [0.2, 0.25) is 0 Å². The fourth-order valence-electron chi connectivity index (χ4n) is 3.45. The first-order chi connectivity index (χ1) is 12.8. The Balaban J connectivity index is 2.05. The molecule has 0 bridgehead atoms. The van der Waals surface area contributed by atoms with Crippen molar-refractivity contribution in [1.29, 1.82) is 0 Å². The van der Waals surface area contributed by atoms with Crippen LogP contribution in [-0.4, -0.2) is 15.7 Å². The lowest BCUT2D eigenvalue weighted by atomic mass is 10.0. The minimum absolute atomic E-state index is 0.139. The van der Waals surface area contributed by atoms with Crippen LogP contribution in [0.3, 0.4) is 0 Å². The highest BCUT2D eigenvalue weighted by Gasteiger charge is 2.38. The van der Waals surface area contributed by atoms with Crippen molar-refractivity contribution in [2.75, 3.05) is 0 Å². The maximum absolute atomic E-state index is 13.4. The van der Waals surface area contributed by atoms with Crippen molar-refractivity contribution in [3.05, 3.63) is 69.8 Å². The summed E-state index contributed by atoms with van der Waals surface area (Å²) >= 11 is 0. The Kier molecular flexibility index (Phi) is 4.05. The van der Waals surface area contributed by atoms with Gasteiger partial charge in [-0.05, 0) is 55.5 Å². The van der Waals surface area contributed by atoms with Gasteiger partial charge in [0.25, 0.3) is 0 Å². The molecule has 0 N–H and O–H groups in total. The van der Waals surface area contributed by atoms with E-state index in [0.29, 0.717) is 28.8 Å². The van der Waals surface area contributed by atoms with Gasteiger partial charge in [0.1, 0.15) is 6.17 Å². The van der Waals surface area contributed by atoms with Crippen molar-refractivity contribution in [3.8, 4) is 5.69 Å². The summed E-state index contributed by atoms with van der Waals surface area (Å²) in [6.45, 7) is 1.56. The van der Waals surface area contributed by atoms with E-state index in [4.69, 9.17) is 0 Å². The largest absolute Gasteiger partial charge is 0.416 e. The van der Waals surface area contributed by atoms with Crippen LogP contribution in [0.15, 0.2) is 47.3 Å². The number of hydrogen-bond donors (Lipinski definition) is 0. The normalized spacial score (nSPS) is 19.4. The number of rotatable bonds is 3. The summed E-state index contributed by atoms with van der Waals surface area (Å²) < 4.78 is 54.6. The zero-order chi connectivity index (χ0) is 19.3. The summed E-state index contributed by atoms with van der Waals surface area (Å²) in [5.41, 5.74) is -0.205. The molecule has 4 rings (SSSR count). The van der Waals surface area contributed by atoms with Crippen LogP contribution in [0.4, 0.5) is 17.6 Å². The molecule has 27 heavy (non-hydrogen) atoms. The fourth-order valence-corrected chi connectivity index (χ4v) is 3.45. The molecule has 1 aromatic heterocycles. The first-order valence-electron chi connectivity index (χ1n) is 8.58. The topological polar surface area (TPSA) is 34.9 Å². The number of aromatic nitrogens is 2. The lowest BCUT2D eigenvalue weighted by Gasteiger charge is -2.17. The number of halogens is 4. The third-order valence-electron chi connectivity index (χ3n) is 4.90. The van der Waals surface area contributed by atoms with E-state index in [1.165, 1.54) is 4.57 Å². The molecule has 0 radical (unpaired) electrons. The van der Waals surface area contributed by atoms with Gasteiger partial charge in [-0.3, -0.25) is 4.57 Å². The molecule has 3 nitrogen and oxygen atoms in total. The van der Waals surface area contributed by atoms with E-state index >= 15 is 0 Å². The lowest BCUT2D eigenvalue weighted by molar-refractivity contribution is -0.137. The quantitative estimate of drug-likeness (QED) is 0.626. The average Bonchev–Trinajstić information content (AvgIpc) is 3.29. The van der Waals surface area contributed by atoms with Crippen molar-refractivity contribution in [2.45, 2.75) is 32.1 Å². The minimum atomic E-state index is -4.54. The molecule has 3 aromatic rings. The molecule has 0 aliphatic heterocycles. The van der Waals surface area contributed by atoms with Crippen LogP contribution < -0.4 is 5.69 Å². The molecule has 1 fully saturated rings. The molecule has 1 saturated carbocycles. The van der Waals surface area contributed by atoms with Crippen LogP contribution >= 0.6 is 0 Å². The van der Waals surface area contributed by atoms with Gasteiger partial charge in [-0.2, -0.15) is 18.2 Å². The molecule has 0 saturated heterocycles. The molecule has 0 spiro atoms. The second-order valence-corrected chi connectivity index (χ2v) is 6.91. The fraction of sp³-hybridized carbons (Fsp3) is 0.300. The monoisotopic (exact) mass is 376 g/mol. The summed E-state index contributed by atoms with van der Waals surface area (Å²) in [4.78, 5) is 16.8. The van der Waals surface area contributed by atoms with Crippen LogP contribution in [0.25, 0.3) is 16.6 Å². The Morgan fingerprint density at radius 2 is 1.85 bits per heavy atom. The van der Waals surface area contributed by atoms with Gasteiger partial charge < -0.3 is 0 Å². The number of para-hydroxylation sites is 1. The summed E-state index contributed by atoms with van der Waals surface area (Å²) in [5.74, 6) is -0.227. The van der Waals surface area contributed by atoms with Gasteiger partial charge in [0.15, 0.2) is 0 Å². The Hall–Kier alpha value is -2.70. The minimum Gasteiger partial charge on any atom is -0.260 e. The Morgan fingerprint density at radius 1 is 1.19 bits per heavy atom. The Morgan fingerprint density at radius 3 is 2.44 bits per heavy atom. The highest BCUT2D eigenvalue weighted by atomic mass is 19.4. The number of benzene rings is 2. The predicted octanol–water partition coefficient (Wildman–Crippen LogP) is 4.61. The first kappa shape index (κ1) is 17.7. The molecule has 0 unspecified atom stereocenters. The van der Waals surface area contributed by atoms with E-state index < -0.39 is 23.6 Å². The molecule has 1 heterocycles.